The molecule has 5 heteroatoms. The molecule has 0 atom stereocenters. The molecular weight excluding hydrogens is 286 g/mol. The molecule has 0 radical (unpaired) electrons. The van der Waals surface area contributed by atoms with Gasteiger partial charge in [0.2, 0.25) is 0 Å². The molecule has 0 spiro atoms. The van der Waals surface area contributed by atoms with E-state index in [1.54, 1.807) is 0 Å². The van der Waals surface area contributed by atoms with Crippen molar-refractivity contribution in [2.75, 3.05) is 32.5 Å². The van der Waals surface area contributed by atoms with E-state index in [2.05, 4.69) is 50.4 Å². The van der Waals surface area contributed by atoms with E-state index in [0.29, 0.717) is 6.04 Å². The molecule has 1 N–H and O–H groups in total. The highest BCUT2D eigenvalue weighted by molar-refractivity contribution is 5.85. The molecule has 0 aromatic carbocycles. The fourth-order valence-corrected chi connectivity index (χ4v) is 3.62. The Hall–Kier alpha value is -2.14. The highest BCUT2D eigenvalue weighted by atomic mass is 15.3. The highest BCUT2D eigenvalue weighted by Gasteiger charge is 2.21. The quantitative estimate of drug-likeness (QED) is 0.947. The Kier molecular flexibility index (Phi) is 3.65. The third-order valence-electron chi connectivity index (χ3n) is 5.02. The van der Waals surface area contributed by atoms with Gasteiger partial charge in [0, 0.05) is 42.6 Å². The first-order valence-electron chi connectivity index (χ1n) is 8.35. The van der Waals surface area contributed by atoms with Crippen molar-refractivity contribution in [1.29, 1.82) is 0 Å². The average molecular weight is 309 g/mol. The maximum atomic E-state index is 4.63. The maximum Gasteiger partial charge on any atom is 0.0569 e. The van der Waals surface area contributed by atoms with Crippen LogP contribution in [0, 0.1) is 0 Å². The van der Waals surface area contributed by atoms with Crippen LogP contribution in [0.3, 0.4) is 0 Å². The molecule has 2 aromatic heterocycles. The van der Waals surface area contributed by atoms with E-state index in [0.717, 1.165) is 42.0 Å². The van der Waals surface area contributed by atoms with Gasteiger partial charge < -0.3 is 10.2 Å². The van der Waals surface area contributed by atoms with Crippen LogP contribution in [-0.4, -0.2) is 46.8 Å². The second-order valence-corrected chi connectivity index (χ2v) is 6.51. The Balaban J connectivity index is 1.66. The van der Waals surface area contributed by atoms with E-state index in [1.165, 1.54) is 18.4 Å². The first-order valence-corrected chi connectivity index (χ1v) is 8.35. The Morgan fingerprint density at radius 1 is 1.22 bits per heavy atom. The molecule has 23 heavy (non-hydrogen) atoms. The smallest absolute Gasteiger partial charge is 0.0569 e. The summed E-state index contributed by atoms with van der Waals surface area (Å²) in [5.74, 6) is 0. The largest absolute Gasteiger partial charge is 0.387 e. The SMILES string of the molecule is CNc1c(-c2cnn(C3CCN(C)CC3)c2)cnc2c1C=CC2. The van der Waals surface area contributed by atoms with Gasteiger partial charge in [-0.3, -0.25) is 9.67 Å². The van der Waals surface area contributed by atoms with Crippen LogP contribution < -0.4 is 5.32 Å². The zero-order valence-corrected chi connectivity index (χ0v) is 13.8. The molecule has 0 amide bonds. The minimum atomic E-state index is 0.514. The lowest BCUT2D eigenvalue weighted by Gasteiger charge is -2.29. The van der Waals surface area contributed by atoms with Gasteiger partial charge in [-0.05, 0) is 33.0 Å². The summed E-state index contributed by atoms with van der Waals surface area (Å²) < 4.78 is 2.14. The Bertz CT molecular complexity index is 738. The lowest BCUT2D eigenvalue weighted by molar-refractivity contribution is 0.212. The van der Waals surface area contributed by atoms with Gasteiger partial charge in [0.05, 0.1) is 23.6 Å². The van der Waals surface area contributed by atoms with Crippen LogP contribution in [0.5, 0.6) is 0 Å². The molecule has 4 rings (SSSR count). The summed E-state index contributed by atoms with van der Waals surface area (Å²) in [6.07, 6.45) is 13.7. The fraction of sp³-hybridized carbons (Fsp3) is 0.444. The molecule has 0 saturated carbocycles. The van der Waals surface area contributed by atoms with Crippen LogP contribution in [0.15, 0.2) is 24.7 Å². The summed E-state index contributed by atoms with van der Waals surface area (Å²) >= 11 is 0. The normalized spacial score (nSPS) is 18.3. The monoisotopic (exact) mass is 309 g/mol. The van der Waals surface area contributed by atoms with Crippen molar-refractivity contribution in [3.8, 4) is 11.1 Å². The Labute approximate surface area is 137 Å². The first kappa shape index (κ1) is 14.5. The fourth-order valence-electron chi connectivity index (χ4n) is 3.62. The predicted octanol–water partition coefficient (Wildman–Crippen LogP) is 2.82. The molecule has 1 fully saturated rings. The first-order chi connectivity index (χ1) is 11.3. The number of rotatable bonds is 3. The van der Waals surface area contributed by atoms with Crippen molar-refractivity contribution in [1.82, 2.24) is 19.7 Å². The van der Waals surface area contributed by atoms with E-state index >= 15 is 0 Å². The standard InChI is InChI=1S/C18H23N5/c1-19-18-15-4-3-5-17(15)20-11-16(18)13-10-21-23(12-13)14-6-8-22(2)9-7-14/h3-4,10-12,14H,5-9H2,1-2H3,(H,19,20). The third-order valence-corrected chi connectivity index (χ3v) is 5.02. The Morgan fingerprint density at radius 2 is 2.04 bits per heavy atom. The van der Waals surface area contributed by atoms with Crippen LogP contribution in [0.2, 0.25) is 0 Å². The number of piperidine rings is 1. The van der Waals surface area contributed by atoms with Crippen molar-refractivity contribution in [2.45, 2.75) is 25.3 Å². The van der Waals surface area contributed by atoms with Gasteiger partial charge in [-0.1, -0.05) is 12.2 Å². The Morgan fingerprint density at radius 3 is 2.83 bits per heavy atom. The molecular formula is C18H23N5. The van der Waals surface area contributed by atoms with Crippen LogP contribution >= 0.6 is 0 Å². The molecule has 2 aliphatic rings. The molecule has 0 unspecified atom stereocenters. The number of likely N-dealkylation sites (tertiary alicyclic amines) is 1. The molecule has 2 aromatic rings. The second-order valence-electron chi connectivity index (χ2n) is 6.51. The molecule has 1 aliphatic heterocycles. The van der Waals surface area contributed by atoms with Crippen LogP contribution in [-0.2, 0) is 6.42 Å². The predicted molar refractivity (Wildman–Crippen MR) is 93.5 cm³/mol. The lowest BCUT2D eigenvalue weighted by atomic mass is 10.0. The number of hydrogen-bond acceptors (Lipinski definition) is 4. The second kappa shape index (κ2) is 5.81. The van der Waals surface area contributed by atoms with Crippen LogP contribution in [0.1, 0.15) is 30.1 Å². The number of allylic oxidation sites excluding steroid dienone is 1. The highest BCUT2D eigenvalue weighted by Crippen LogP contribution is 2.35. The molecule has 1 saturated heterocycles. The van der Waals surface area contributed by atoms with E-state index in [9.17, 15) is 0 Å². The van der Waals surface area contributed by atoms with Crippen LogP contribution in [0.25, 0.3) is 17.2 Å². The number of anilines is 1. The topological polar surface area (TPSA) is 46.0 Å². The zero-order chi connectivity index (χ0) is 15.8. The van der Waals surface area contributed by atoms with E-state index < -0.39 is 0 Å². The zero-order valence-electron chi connectivity index (χ0n) is 13.8. The molecule has 5 nitrogen and oxygen atoms in total. The van der Waals surface area contributed by atoms with Crippen molar-refractivity contribution in [3.63, 3.8) is 0 Å². The lowest BCUT2D eigenvalue weighted by Crippen LogP contribution is -2.31. The number of nitrogens with zero attached hydrogens (tertiary/aromatic N) is 4. The van der Waals surface area contributed by atoms with Crippen molar-refractivity contribution >= 4 is 11.8 Å². The van der Waals surface area contributed by atoms with Gasteiger partial charge in [-0.15, -0.1) is 0 Å². The van der Waals surface area contributed by atoms with Crippen molar-refractivity contribution < 1.29 is 0 Å². The number of nitrogens with one attached hydrogen (secondary N) is 1. The maximum absolute atomic E-state index is 4.63. The van der Waals surface area contributed by atoms with Gasteiger partial charge in [0.25, 0.3) is 0 Å². The van der Waals surface area contributed by atoms with Gasteiger partial charge in [-0.2, -0.15) is 5.10 Å². The minimum absolute atomic E-state index is 0.514. The number of hydrogen-bond donors (Lipinski definition) is 1. The van der Waals surface area contributed by atoms with Crippen molar-refractivity contribution in [2.24, 2.45) is 0 Å². The van der Waals surface area contributed by atoms with Crippen LogP contribution in [0.4, 0.5) is 5.69 Å². The van der Waals surface area contributed by atoms with E-state index in [4.69, 9.17) is 0 Å². The molecule has 0 bridgehead atoms. The van der Waals surface area contributed by atoms with Gasteiger partial charge in [-0.25, -0.2) is 0 Å². The number of fused-ring (bicyclic) bond motifs is 1. The summed E-state index contributed by atoms with van der Waals surface area (Å²) in [4.78, 5) is 7.02. The third kappa shape index (κ3) is 2.55. The number of aromatic nitrogens is 3. The van der Waals surface area contributed by atoms with E-state index in [-0.39, 0.29) is 0 Å². The van der Waals surface area contributed by atoms with E-state index in [1.807, 2.05) is 19.4 Å². The van der Waals surface area contributed by atoms with Gasteiger partial charge >= 0.3 is 0 Å². The van der Waals surface area contributed by atoms with Crippen molar-refractivity contribution in [3.05, 3.63) is 35.9 Å². The summed E-state index contributed by atoms with van der Waals surface area (Å²) in [5, 5.41) is 7.99. The molecule has 1 aliphatic carbocycles. The van der Waals surface area contributed by atoms with Gasteiger partial charge in [0.15, 0.2) is 0 Å². The summed E-state index contributed by atoms with van der Waals surface area (Å²) in [5.41, 5.74) is 5.81. The summed E-state index contributed by atoms with van der Waals surface area (Å²) in [6, 6.07) is 0.514. The summed E-state index contributed by atoms with van der Waals surface area (Å²) in [7, 11) is 4.17. The average Bonchev–Trinajstić information content (AvgIpc) is 3.23. The summed E-state index contributed by atoms with van der Waals surface area (Å²) in [6.45, 7) is 2.29. The molecule has 3 heterocycles. The minimum Gasteiger partial charge on any atom is -0.387 e. The van der Waals surface area contributed by atoms with Gasteiger partial charge in [0.1, 0.15) is 0 Å². The number of pyridine rings is 1. The molecule has 120 valence electrons.